The van der Waals surface area contributed by atoms with Crippen LogP contribution < -0.4 is 15.0 Å². The average molecular weight is 476 g/mol. The lowest BCUT2D eigenvalue weighted by molar-refractivity contribution is -0.108. The zero-order valence-electron chi connectivity index (χ0n) is 21.1. The number of rotatable bonds is 7. The summed E-state index contributed by atoms with van der Waals surface area (Å²) in [7, 11) is 3.65. The molecule has 0 aliphatic carbocycles. The van der Waals surface area contributed by atoms with Gasteiger partial charge in [0.15, 0.2) is 5.60 Å². The standard InChI is InChI=1S/C27H33N5O3/c1-6-9-18-10-8-11-21(19(18)7-2)30-25-20-12-23(24(34-5)13-22(20)28-16-29-25)32-15-27(35-26(32)33)14-31(4)17(27)3/h8,10-13,16-17H,6-7,9,14-15H2,1-5H3,(H,28,29,30). The number of nitrogens with one attached hydrogen (secondary N) is 1. The van der Waals surface area contributed by atoms with Crippen LogP contribution in [0.2, 0.25) is 0 Å². The highest BCUT2D eigenvalue weighted by Crippen LogP contribution is 2.43. The largest absolute Gasteiger partial charge is 0.494 e. The first-order valence-corrected chi connectivity index (χ1v) is 12.3. The van der Waals surface area contributed by atoms with Crippen molar-refractivity contribution in [1.82, 2.24) is 14.9 Å². The van der Waals surface area contributed by atoms with E-state index in [2.05, 4.69) is 59.2 Å². The number of fused-ring (bicyclic) bond motifs is 1. The molecule has 3 heterocycles. The van der Waals surface area contributed by atoms with Crippen molar-refractivity contribution >= 4 is 34.2 Å². The molecule has 1 aromatic heterocycles. The lowest BCUT2D eigenvalue weighted by atomic mass is 9.85. The number of aryl methyl sites for hydroxylation is 1. The van der Waals surface area contributed by atoms with E-state index in [9.17, 15) is 4.79 Å². The van der Waals surface area contributed by atoms with Crippen molar-refractivity contribution in [3.63, 3.8) is 0 Å². The Balaban J connectivity index is 1.56. The molecule has 8 heteroatoms. The number of benzene rings is 2. The lowest BCUT2D eigenvalue weighted by Crippen LogP contribution is -2.68. The van der Waals surface area contributed by atoms with Gasteiger partial charge in [0.2, 0.25) is 0 Å². The van der Waals surface area contributed by atoms with Gasteiger partial charge in [0.25, 0.3) is 0 Å². The van der Waals surface area contributed by atoms with Crippen LogP contribution in [-0.2, 0) is 17.6 Å². The number of hydrogen-bond acceptors (Lipinski definition) is 7. The summed E-state index contributed by atoms with van der Waals surface area (Å²) < 4.78 is 11.6. The number of ether oxygens (including phenoxy) is 2. The van der Waals surface area contributed by atoms with Crippen LogP contribution in [-0.4, -0.2) is 59.9 Å². The Bertz CT molecular complexity index is 1280. The zero-order valence-corrected chi connectivity index (χ0v) is 21.1. The Morgan fingerprint density at radius 3 is 2.74 bits per heavy atom. The van der Waals surface area contributed by atoms with Gasteiger partial charge in [-0.15, -0.1) is 0 Å². The summed E-state index contributed by atoms with van der Waals surface area (Å²) in [5.41, 5.74) is 4.60. The number of hydrogen-bond donors (Lipinski definition) is 1. The fraction of sp³-hybridized carbons (Fsp3) is 0.444. The van der Waals surface area contributed by atoms with Gasteiger partial charge in [0.1, 0.15) is 17.9 Å². The van der Waals surface area contributed by atoms with Gasteiger partial charge in [-0.2, -0.15) is 0 Å². The van der Waals surface area contributed by atoms with Crippen molar-refractivity contribution in [3.8, 4) is 5.75 Å². The predicted molar refractivity (Wildman–Crippen MR) is 138 cm³/mol. The van der Waals surface area contributed by atoms with Crippen LogP contribution >= 0.6 is 0 Å². The van der Waals surface area contributed by atoms with Gasteiger partial charge in [-0.3, -0.25) is 9.80 Å². The van der Waals surface area contributed by atoms with E-state index in [4.69, 9.17) is 9.47 Å². The Hall–Kier alpha value is -3.39. The third-order valence-electron chi connectivity index (χ3n) is 7.50. The van der Waals surface area contributed by atoms with E-state index in [-0.39, 0.29) is 12.1 Å². The molecule has 2 aliphatic rings. The first-order valence-electron chi connectivity index (χ1n) is 12.3. The Morgan fingerprint density at radius 2 is 2.06 bits per heavy atom. The molecule has 35 heavy (non-hydrogen) atoms. The van der Waals surface area contributed by atoms with E-state index in [1.807, 2.05) is 19.2 Å². The SMILES string of the molecule is CCCc1cccc(Nc2ncnc3cc(OC)c(N4CC5(CN(C)C5C)OC4=O)cc23)c1CC. The number of aromatic nitrogens is 2. The summed E-state index contributed by atoms with van der Waals surface area (Å²) >= 11 is 0. The quantitative estimate of drug-likeness (QED) is 0.519. The Kier molecular flexibility index (Phi) is 6.01. The second-order valence-electron chi connectivity index (χ2n) is 9.55. The molecule has 8 nitrogen and oxygen atoms in total. The fourth-order valence-corrected chi connectivity index (χ4v) is 5.40. The van der Waals surface area contributed by atoms with Gasteiger partial charge in [-0.25, -0.2) is 14.8 Å². The van der Waals surface area contributed by atoms with E-state index < -0.39 is 5.60 Å². The normalized spacial score (nSPS) is 21.9. The minimum Gasteiger partial charge on any atom is -0.494 e. The molecule has 2 aromatic carbocycles. The van der Waals surface area contributed by atoms with Crippen LogP contribution in [0.3, 0.4) is 0 Å². The molecule has 3 aromatic rings. The molecule has 0 radical (unpaired) electrons. The maximum Gasteiger partial charge on any atom is 0.415 e. The van der Waals surface area contributed by atoms with Crippen LogP contribution in [0.4, 0.5) is 22.0 Å². The van der Waals surface area contributed by atoms with E-state index in [1.165, 1.54) is 11.1 Å². The van der Waals surface area contributed by atoms with Crippen LogP contribution in [0.15, 0.2) is 36.7 Å². The number of likely N-dealkylation sites (tertiary alicyclic amines) is 1. The van der Waals surface area contributed by atoms with Gasteiger partial charge in [-0.1, -0.05) is 32.4 Å². The monoisotopic (exact) mass is 475 g/mol. The van der Waals surface area contributed by atoms with Gasteiger partial charge in [0, 0.05) is 29.7 Å². The highest BCUT2D eigenvalue weighted by molar-refractivity contribution is 6.00. The first-order chi connectivity index (χ1) is 16.9. The van der Waals surface area contributed by atoms with E-state index in [0.717, 1.165) is 42.4 Å². The molecule has 0 bridgehead atoms. The average Bonchev–Trinajstić information content (AvgIpc) is 3.22. The Labute approximate surface area is 206 Å². The molecular formula is C27H33N5O3. The van der Waals surface area contributed by atoms with Crippen LogP contribution in [0.25, 0.3) is 10.9 Å². The molecule has 5 rings (SSSR count). The maximum absolute atomic E-state index is 13.0. The fourth-order valence-electron chi connectivity index (χ4n) is 5.40. The van der Waals surface area contributed by atoms with Crippen LogP contribution in [0.1, 0.15) is 38.3 Å². The summed E-state index contributed by atoms with van der Waals surface area (Å²) in [5, 5.41) is 4.37. The molecule has 1 amide bonds. The number of likely N-dealkylation sites (N-methyl/N-ethyl adjacent to an activating group) is 1. The number of carbonyl (C=O) groups excluding carboxylic acids is 1. The number of anilines is 3. The summed E-state index contributed by atoms with van der Waals surface area (Å²) in [4.78, 5) is 25.9. The smallest absolute Gasteiger partial charge is 0.415 e. The topological polar surface area (TPSA) is 79.8 Å². The van der Waals surface area contributed by atoms with Gasteiger partial charge in [0.05, 0.1) is 24.9 Å². The van der Waals surface area contributed by atoms with Crippen molar-refractivity contribution in [3.05, 3.63) is 47.8 Å². The third-order valence-corrected chi connectivity index (χ3v) is 7.50. The number of nitrogens with zero attached hydrogens (tertiary/aromatic N) is 4. The minimum absolute atomic E-state index is 0.159. The number of carbonyl (C=O) groups is 1. The maximum atomic E-state index is 13.0. The predicted octanol–water partition coefficient (Wildman–Crippen LogP) is 4.93. The Morgan fingerprint density at radius 1 is 1.23 bits per heavy atom. The number of methoxy groups -OCH3 is 1. The molecule has 2 atom stereocenters. The van der Waals surface area contributed by atoms with Crippen molar-refractivity contribution in [2.24, 2.45) is 0 Å². The molecule has 2 fully saturated rings. The van der Waals surface area contributed by atoms with Crippen molar-refractivity contribution in [2.45, 2.75) is 51.7 Å². The molecule has 2 saturated heterocycles. The molecular weight excluding hydrogens is 442 g/mol. The van der Waals surface area contributed by atoms with Crippen LogP contribution in [0.5, 0.6) is 5.75 Å². The van der Waals surface area contributed by atoms with Crippen molar-refractivity contribution < 1.29 is 14.3 Å². The molecule has 1 spiro atoms. The summed E-state index contributed by atoms with van der Waals surface area (Å²) in [5.74, 6) is 1.27. The summed E-state index contributed by atoms with van der Waals surface area (Å²) in [6.45, 7) is 7.66. The highest BCUT2D eigenvalue weighted by atomic mass is 16.6. The second-order valence-corrected chi connectivity index (χ2v) is 9.55. The van der Waals surface area contributed by atoms with Crippen LogP contribution in [0, 0.1) is 0 Å². The summed E-state index contributed by atoms with van der Waals surface area (Å²) in [6.07, 6.45) is 4.26. The highest BCUT2D eigenvalue weighted by Gasteiger charge is 2.58. The molecule has 2 unspecified atom stereocenters. The lowest BCUT2D eigenvalue weighted by Gasteiger charge is -2.50. The first kappa shape index (κ1) is 23.4. The minimum atomic E-state index is -0.490. The van der Waals surface area contributed by atoms with Gasteiger partial charge >= 0.3 is 6.09 Å². The van der Waals surface area contributed by atoms with E-state index in [1.54, 1.807) is 18.3 Å². The van der Waals surface area contributed by atoms with Gasteiger partial charge < -0.3 is 14.8 Å². The molecule has 0 saturated carbocycles. The van der Waals surface area contributed by atoms with E-state index >= 15 is 0 Å². The van der Waals surface area contributed by atoms with E-state index in [0.29, 0.717) is 23.8 Å². The second kappa shape index (κ2) is 9.00. The number of amides is 1. The third kappa shape index (κ3) is 3.86. The molecule has 1 N–H and O–H groups in total. The summed E-state index contributed by atoms with van der Waals surface area (Å²) in [6, 6.07) is 10.3. The zero-order chi connectivity index (χ0) is 24.7. The molecule has 184 valence electrons. The van der Waals surface area contributed by atoms with Crippen molar-refractivity contribution in [2.75, 3.05) is 37.5 Å². The van der Waals surface area contributed by atoms with Gasteiger partial charge in [-0.05, 0) is 50.1 Å². The van der Waals surface area contributed by atoms with Crippen molar-refractivity contribution in [1.29, 1.82) is 0 Å². The molecule has 2 aliphatic heterocycles.